The van der Waals surface area contributed by atoms with E-state index in [2.05, 4.69) is 60.5 Å². The Kier molecular flexibility index (Phi) is 10.3. The monoisotopic (exact) mass is 432 g/mol. The number of ether oxygens (including phenoxy) is 1. The first-order chi connectivity index (χ1) is 14.7. The highest BCUT2D eigenvalue weighted by molar-refractivity contribution is 5.87. The first-order valence-electron chi connectivity index (χ1n) is 11.4. The normalized spacial score (nSPS) is 17.7. The van der Waals surface area contributed by atoms with Crippen LogP contribution in [0.25, 0.3) is 0 Å². The molecule has 0 aliphatic carbocycles. The van der Waals surface area contributed by atoms with Gasteiger partial charge in [0.25, 0.3) is 0 Å². The second-order valence-corrected chi connectivity index (χ2v) is 9.26. The summed E-state index contributed by atoms with van der Waals surface area (Å²) in [6.07, 6.45) is 2.58. The average molecular weight is 433 g/mol. The summed E-state index contributed by atoms with van der Waals surface area (Å²) in [7, 11) is 4.13. The molecule has 0 aromatic heterocycles. The smallest absolute Gasteiger partial charge is 0.242 e. The number of amides is 2. The van der Waals surface area contributed by atoms with E-state index in [0.29, 0.717) is 12.3 Å². The third-order valence-corrected chi connectivity index (χ3v) is 5.37. The van der Waals surface area contributed by atoms with Crippen LogP contribution in [0.3, 0.4) is 0 Å². The van der Waals surface area contributed by atoms with Crippen molar-refractivity contribution in [3.05, 3.63) is 29.8 Å². The van der Waals surface area contributed by atoms with Crippen molar-refractivity contribution >= 4 is 11.8 Å². The Morgan fingerprint density at radius 3 is 2.55 bits per heavy atom. The molecule has 7 nitrogen and oxygen atoms in total. The molecule has 0 unspecified atom stereocenters. The predicted molar refractivity (Wildman–Crippen MR) is 124 cm³/mol. The summed E-state index contributed by atoms with van der Waals surface area (Å²) in [6.45, 7) is 9.94. The lowest BCUT2D eigenvalue weighted by Gasteiger charge is -2.22. The second kappa shape index (κ2) is 12.7. The molecule has 0 radical (unpaired) electrons. The number of benzene rings is 1. The molecule has 1 fully saturated rings. The van der Waals surface area contributed by atoms with Gasteiger partial charge in [-0.2, -0.15) is 0 Å². The van der Waals surface area contributed by atoms with Gasteiger partial charge in [-0.3, -0.25) is 14.5 Å². The molecule has 0 bridgehead atoms. The van der Waals surface area contributed by atoms with Crippen LogP contribution in [-0.4, -0.2) is 74.0 Å². The van der Waals surface area contributed by atoms with E-state index in [0.717, 1.165) is 51.4 Å². The van der Waals surface area contributed by atoms with Crippen molar-refractivity contribution in [1.82, 2.24) is 20.4 Å². The van der Waals surface area contributed by atoms with E-state index in [-0.39, 0.29) is 17.9 Å². The second-order valence-electron chi connectivity index (χ2n) is 9.26. The van der Waals surface area contributed by atoms with Crippen LogP contribution in [0.15, 0.2) is 24.3 Å². The summed E-state index contributed by atoms with van der Waals surface area (Å²) in [4.78, 5) is 28.6. The molecular formula is C24H40N4O3. The van der Waals surface area contributed by atoms with Gasteiger partial charge in [-0.1, -0.05) is 26.0 Å². The zero-order chi connectivity index (χ0) is 22.8. The van der Waals surface area contributed by atoms with Crippen molar-refractivity contribution in [3.8, 4) is 5.75 Å². The van der Waals surface area contributed by atoms with Crippen LogP contribution in [0.1, 0.15) is 45.6 Å². The molecular weight excluding hydrogens is 392 g/mol. The van der Waals surface area contributed by atoms with Crippen LogP contribution >= 0.6 is 0 Å². The number of rotatable bonds is 12. The van der Waals surface area contributed by atoms with E-state index in [1.807, 2.05) is 12.1 Å². The van der Waals surface area contributed by atoms with Crippen molar-refractivity contribution in [2.75, 3.05) is 40.3 Å². The molecule has 1 saturated heterocycles. The highest BCUT2D eigenvalue weighted by Crippen LogP contribution is 2.17. The van der Waals surface area contributed by atoms with Crippen LogP contribution in [0.2, 0.25) is 0 Å². The minimum Gasteiger partial charge on any atom is -0.494 e. The summed E-state index contributed by atoms with van der Waals surface area (Å²) in [5.74, 6) is 0.997. The van der Waals surface area contributed by atoms with E-state index in [4.69, 9.17) is 4.74 Å². The maximum atomic E-state index is 12.7. The number of likely N-dealkylation sites (tertiary alicyclic amines) is 1. The fraction of sp³-hybridized carbons (Fsp3) is 0.667. The molecule has 2 N–H and O–H groups in total. The molecule has 1 heterocycles. The van der Waals surface area contributed by atoms with Gasteiger partial charge in [0.2, 0.25) is 11.8 Å². The van der Waals surface area contributed by atoms with Gasteiger partial charge in [0.05, 0.1) is 6.61 Å². The van der Waals surface area contributed by atoms with Crippen LogP contribution < -0.4 is 15.4 Å². The molecule has 2 rings (SSSR count). The van der Waals surface area contributed by atoms with E-state index < -0.39 is 6.04 Å². The maximum absolute atomic E-state index is 12.7. The van der Waals surface area contributed by atoms with Crippen molar-refractivity contribution in [3.63, 3.8) is 0 Å². The molecule has 0 spiro atoms. The van der Waals surface area contributed by atoms with Crippen LogP contribution in [0.5, 0.6) is 5.75 Å². The van der Waals surface area contributed by atoms with Gasteiger partial charge in [0.15, 0.2) is 0 Å². The third kappa shape index (κ3) is 9.70. The largest absolute Gasteiger partial charge is 0.494 e. The van der Waals surface area contributed by atoms with Gasteiger partial charge in [0, 0.05) is 39.1 Å². The third-order valence-electron chi connectivity index (χ3n) is 5.37. The Morgan fingerprint density at radius 1 is 1.23 bits per heavy atom. The van der Waals surface area contributed by atoms with Crippen molar-refractivity contribution < 1.29 is 14.3 Å². The van der Waals surface area contributed by atoms with E-state index in [1.54, 1.807) is 0 Å². The SMILES string of the molecule is CC(=O)N[C@@H](CC(C)C)C(=O)N[C@H]1CCN(Cc2ccc(OCCCN(C)C)cc2)C1. The number of carbonyl (C=O) groups excluding carboxylic acids is 2. The molecule has 2 atom stereocenters. The number of hydrogen-bond donors (Lipinski definition) is 2. The fourth-order valence-corrected chi connectivity index (χ4v) is 3.86. The van der Waals surface area contributed by atoms with Crippen molar-refractivity contribution in [2.24, 2.45) is 5.92 Å². The highest BCUT2D eigenvalue weighted by atomic mass is 16.5. The van der Waals surface area contributed by atoms with Gasteiger partial charge in [-0.05, 0) is 57.0 Å². The average Bonchev–Trinajstić information content (AvgIpc) is 3.12. The lowest BCUT2D eigenvalue weighted by molar-refractivity contribution is -0.128. The topological polar surface area (TPSA) is 73.9 Å². The summed E-state index contributed by atoms with van der Waals surface area (Å²) < 4.78 is 5.80. The van der Waals surface area contributed by atoms with Gasteiger partial charge < -0.3 is 20.3 Å². The first kappa shape index (κ1) is 25.1. The van der Waals surface area contributed by atoms with Gasteiger partial charge in [0.1, 0.15) is 11.8 Å². The predicted octanol–water partition coefficient (Wildman–Crippen LogP) is 2.26. The summed E-state index contributed by atoms with van der Waals surface area (Å²) in [5.41, 5.74) is 1.24. The molecule has 31 heavy (non-hydrogen) atoms. The number of nitrogens with zero attached hydrogens (tertiary/aromatic N) is 2. The Balaban J connectivity index is 1.76. The van der Waals surface area contributed by atoms with E-state index in [1.165, 1.54) is 12.5 Å². The lowest BCUT2D eigenvalue weighted by Crippen LogP contribution is -2.50. The zero-order valence-electron chi connectivity index (χ0n) is 19.8. The molecule has 7 heteroatoms. The van der Waals surface area contributed by atoms with Crippen molar-refractivity contribution in [2.45, 2.75) is 58.7 Å². The number of carbonyl (C=O) groups is 2. The van der Waals surface area contributed by atoms with Gasteiger partial charge >= 0.3 is 0 Å². The summed E-state index contributed by atoms with van der Waals surface area (Å²) in [6, 6.07) is 7.95. The Hall–Kier alpha value is -2.12. The molecule has 1 aliphatic rings. The van der Waals surface area contributed by atoms with Gasteiger partial charge in [-0.25, -0.2) is 0 Å². The molecule has 1 aliphatic heterocycles. The number of nitrogens with one attached hydrogen (secondary N) is 2. The van der Waals surface area contributed by atoms with Crippen LogP contribution in [0, 0.1) is 5.92 Å². The summed E-state index contributed by atoms with van der Waals surface area (Å²) in [5, 5.41) is 5.92. The van der Waals surface area contributed by atoms with Crippen LogP contribution in [0.4, 0.5) is 0 Å². The van der Waals surface area contributed by atoms with Crippen LogP contribution in [-0.2, 0) is 16.1 Å². The first-order valence-corrected chi connectivity index (χ1v) is 11.4. The van der Waals surface area contributed by atoms with E-state index >= 15 is 0 Å². The highest BCUT2D eigenvalue weighted by Gasteiger charge is 2.27. The lowest BCUT2D eigenvalue weighted by atomic mass is 10.0. The zero-order valence-corrected chi connectivity index (χ0v) is 19.8. The molecule has 2 amide bonds. The molecule has 0 saturated carbocycles. The quantitative estimate of drug-likeness (QED) is 0.496. The maximum Gasteiger partial charge on any atom is 0.242 e. The number of hydrogen-bond acceptors (Lipinski definition) is 5. The Bertz CT molecular complexity index is 691. The molecule has 1 aromatic carbocycles. The Morgan fingerprint density at radius 2 is 1.94 bits per heavy atom. The standard InChI is InChI=1S/C24H40N4O3/c1-18(2)15-23(25-19(3)29)24(30)26-21-11-13-28(17-21)16-20-7-9-22(10-8-20)31-14-6-12-27(4)5/h7-10,18,21,23H,6,11-17H2,1-5H3,(H,25,29)(H,26,30)/t21-,23-/m0/s1. The minimum atomic E-state index is -0.461. The fourth-order valence-electron chi connectivity index (χ4n) is 3.86. The van der Waals surface area contributed by atoms with Gasteiger partial charge in [-0.15, -0.1) is 0 Å². The Labute approximate surface area is 187 Å². The van der Waals surface area contributed by atoms with Crippen molar-refractivity contribution in [1.29, 1.82) is 0 Å². The van der Waals surface area contributed by atoms with E-state index in [9.17, 15) is 9.59 Å². The summed E-state index contributed by atoms with van der Waals surface area (Å²) >= 11 is 0. The molecule has 174 valence electrons. The molecule has 1 aromatic rings. The minimum absolute atomic E-state index is 0.0773.